The van der Waals surface area contributed by atoms with Crippen LogP contribution in [0.15, 0.2) is 0 Å². The fourth-order valence-corrected chi connectivity index (χ4v) is 2.32. The summed E-state index contributed by atoms with van der Waals surface area (Å²) in [5, 5.41) is 2.89. The van der Waals surface area contributed by atoms with Gasteiger partial charge in [0.05, 0.1) is 25.3 Å². The zero-order chi connectivity index (χ0) is 10.8. The third-order valence-electron chi connectivity index (χ3n) is 3.26. The number of halogens is 1. The molecule has 2 unspecified atom stereocenters. The highest BCUT2D eigenvalue weighted by atomic mass is 35.5. The number of hydrogen-bond acceptors (Lipinski definition) is 4. The molecule has 5 nitrogen and oxygen atoms in total. The standard InChI is InChI=1S/C10H19N3O2.ClH/c1-11-5-10(14)13-6-8-9(7-13)15-4-3-12(8)2;/h8-9,11H,3-7H2,1-2H3;1H. The van der Waals surface area contributed by atoms with E-state index in [1.165, 1.54) is 0 Å². The van der Waals surface area contributed by atoms with Crippen molar-refractivity contribution in [2.75, 3.05) is 46.9 Å². The molecule has 0 bridgehead atoms. The molecule has 0 aromatic rings. The number of carbonyl (C=O) groups excluding carboxylic acids is 1. The van der Waals surface area contributed by atoms with Crippen molar-refractivity contribution in [2.24, 2.45) is 0 Å². The number of morpholine rings is 1. The molecule has 1 N–H and O–H groups in total. The largest absolute Gasteiger partial charge is 0.373 e. The normalized spacial score (nSPS) is 29.8. The molecule has 0 aliphatic carbocycles. The molecular formula is C10H20ClN3O2. The Morgan fingerprint density at radius 2 is 2.25 bits per heavy atom. The average Bonchev–Trinajstić information content (AvgIpc) is 2.63. The zero-order valence-corrected chi connectivity index (χ0v) is 10.6. The van der Waals surface area contributed by atoms with Gasteiger partial charge in [-0.3, -0.25) is 9.69 Å². The van der Waals surface area contributed by atoms with Gasteiger partial charge in [-0.2, -0.15) is 0 Å². The van der Waals surface area contributed by atoms with Crippen LogP contribution in [-0.4, -0.2) is 74.7 Å². The second-order valence-corrected chi connectivity index (χ2v) is 4.29. The molecule has 2 aliphatic heterocycles. The summed E-state index contributed by atoms with van der Waals surface area (Å²) in [6.45, 7) is 3.72. The van der Waals surface area contributed by atoms with E-state index in [1.807, 2.05) is 4.90 Å². The van der Waals surface area contributed by atoms with Crippen molar-refractivity contribution in [3.63, 3.8) is 0 Å². The molecule has 0 saturated carbocycles. The van der Waals surface area contributed by atoms with E-state index in [-0.39, 0.29) is 24.4 Å². The van der Waals surface area contributed by atoms with Crippen molar-refractivity contribution in [1.29, 1.82) is 0 Å². The van der Waals surface area contributed by atoms with Crippen molar-refractivity contribution in [3.05, 3.63) is 0 Å². The Bertz CT molecular complexity index is 252. The van der Waals surface area contributed by atoms with Crippen LogP contribution in [0.5, 0.6) is 0 Å². The molecule has 6 heteroatoms. The summed E-state index contributed by atoms with van der Waals surface area (Å²) in [6, 6.07) is 0.388. The van der Waals surface area contributed by atoms with Crippen LogP contribution >= 0.6 is 12.4 Å². The van der Waals surface area contributed by atoms with Gasteiger partial charge in [-0.25, -0.2) is 0 Å². The van der Waals surface area contributed by atoms with Crippen LogP contribution in [-0.2, 0) is 9.53 Å². The predicted molar refractivity (Wildman–Crippen MR) is 63.9 cm³/mol. The Balaban J connectivity index is 0.00000128. The Hall–Kier alpha value is -0.360. The number of amides is 1. The van der Waals surface area contributed by atoms with Gasteiger partial charge in [-0.15, -0.1) is 12.4 Å². The quantitative estimate of drug-likeness (QED) is 0.694. The van der Waals surface area contributed by atoms with E-state index in [1.54, 1.807) is 7.05 Å². The van der Waals surface area contributed by atoms with Gasteiger partial charge >= 0.3 is 0 Å². The number of likely N-dealkylation sites (N-methyl/N-ethyl adjacent to an activating group) is 2. The van der Waals surface area contributed by atoms with Gasteiger partial charge < -0.3 is 15.0 Å². The van der Waals surface area contributed by atoms with Gasteiger partial charge in [0.15, 0.2) is 0 Å². The Kier molecular flexibility index (Phi) is 4.98. The average molecular weight is 250 g/mol. The van der Waals surface area contributed by atoms with E-state index >= 15 is 0 Å². The lowest BCUT2D eigenvalue weighted by molar-refractivity contribution is -0.129. The summed E-state index contributed by atoms with van der Waals surface area (Å²) in [7, 11) is 3.90. The lowest BCUT2D eigenvalue weighted by atomic mass is 10.1. The fourth-order valence-electron chi connectivity index (χ4n) is 2.32. The van der Waals surface area contributed by atoms with Crippen molar-refractivity contribution in [3.8, 4) is 0 Å². The number of carbonyl (C=O) groups is 1. The number of hydrogen-bond donors (Lipinski definition) is 1. The predicted octanol–water partition coefficient (Wildman–Crippen LogP) is -0.831. The van der Waals surface area contributed by atoms with Crippen LogP contribution in [0.3, 0.4) is 0 Å². The third kappa shape index (κ3) is 2.66. The molecule has 0 spiro atoms. The molecule has 2 saturated heterocycles. The van der Waals surface area contributed by atoms with Crippen molar-refractivity contribution in [2.45, 2.75) is 12.1 Å². The summed E-state index contributed by atoms with van der Waals surface area (Å²) in [6.07, 6.45) is 0.213. The van der Waals surface area contributed by atoms with Crippen molar-refractivity contribution in [1.82, 2.24) is 15.1 Å². The third-order valence-corrected chi connectivity index (χ3v) is 3.26. The topological polar surface area (TPSA) is 44.8 Å². The van der Waals surface area contributed by atoms with Gasteiger partial charge in [0, 0.05) is 19.6 Å². The summed E-state index contributed by atoms with van der Waals surface area (Å²) >= 11 is 0. The maximum atomic E-state index is 11.7. The first-order valence-corrected chi connectivity index (χ1v) is 5.46. The summed E-state index contributed by atoms with van der Waals surface area (Å²) < 4.78 is 5.67. The first kappa shape index (κ1) is 13.7. The van der Waals surface area contributed by atoms with Crippen LogP contribution in [0.2, 0.25) is 0 Å². The number of likely N-dealkylation sites (tertiary alicyclic amines) is 1. The minimum atomic E-state index is 0. The SMILES string of the molecule is CNCC(=O)N1CC2OCCN(C)C2C1.Cl. The van der Waals surface area contributed by atoms with E-state index in [0.717, 1.165) is 26.2 Å². The smallest absolute Gasteiger partial charge is 0.236 e. The Labute approximate surface area is 103 Å². The zero-order valence-electron chi connectivity index (χ0n) is 9.81. The maximum absolute atomic E-state index is 11.7. The highest BCUT2D eigenvalue weighted by Gasteiger charge is 2.39. The summed E-state index contributed by atoms with van der Waals surface area (Å²) in [4.78, 5) is 15.9. The highest BCUT2D eigenvalue weighted by Crippen LogP contribution is 2.21. The number of nitrogens with one attached hydrogen (secondary N) is 1. The molecule has 2 aliphatic rings. The Morgan fingerprint density at radius 3 is 2.88 bits per heavy atom. The lowest BCUT2D eigenvalue weighted by Gasteiger charge is -2.33. The van der Waals surface area contributed by atoms with Gasteiger partial charge in [-0.05, 0) is 14.1 Å². The minimum absolute atomic E-state index is 0. The van der Waals surface area contributed by atoms with Crippen LogP contribution in [0, 0.1) is 0 Å². The number of rotatable bonds is 2. The molecule has 2 fully saturated rings. The van der Waals surface area contributed by atoms with Crippen molar-refractivity contribution < 1.29 is 9.53 Å². The Morgan fingerprint density at radius 1 is 1.50 bits per heavy atom. The summed E-state index contributed by atoms with van der Waals surface area (Å²) in [5.74, 6) is 0.170. The van der Waals surface area contributed by atoms with Gasteiger partial charge in [0.1, 0.15) is 0 Å². The second-order valence-electron chi connectivity index (χ2n) is 4.29. The van der Waals surface area contributed by atoms with Gasteiger partial charge in [0.2, 0.25) is 5.91 Å². The van der Waals surface area contributed by atoms with Crippen molar-refractivity contribution >= 4 is 18.3 Å². The first-order chi connectivity index (χ1) is 7.22. The molecule has 16 heavy (non-hydrogen) atoms. The molecule has 2 atom stereocenters. The monoisotopic (exact) mass is 249 g/mol. The molecule has 94 valence electrons. The molecule has 0 aromatic carbocycles. The van der Waals surface area contributed by atoms with Crippen LogP contribution in [0.1, 0.15) is 0 Å². The molecular weight excluding hydrogens is 230 g/mol. The maximum Gasteiger partial charge on any atom is 0.236 e. The van der Waals surface area contributed by atoms with E-state index < -0.39 is 0 Å². The van der Waals surface area contributed by atoms with Gasteiger partial charge in [-0.1, -0.05) is 0 Å². The fraction of sp³-hybridized carbons (Fsp3) is 0.900. The number of ether oxygens (including phenoxy) is 1. The molecule has 0 radical (unpaired) electrons. The van der Waals surface area contributed by atoms with Crippen LogP contribution < -0.4 is 5.32 Å². The van der Waals surface area contributed by atoms with Crippen LogP contribution in [0.25, 0.3) is 0 Å². The van der Waals surface area contributed by atoms with E-state index in [2.05, 4.69) is 17.3 Å². The highest BCUT2D eigenvalue weighted by molar-refractivity contribution is 5.85. The first-order valence-electron chi connectivity index (χ1n) is 5.46. The lowest BCUT2D eigenvalue weighted by Crippen LogP contribution is -2.48. The van der Waals surface area contributed by atoms with E-state index in [0.29, 0.717) is 12.6 Å². The van der Waals surface area contributed by atoms with Crippen LogP contribution in [0.4, 0.5) is 0 Å². The minimum Gasteiger partial charge on any atom is -0.373 e. The number of nitrogens with zero attached hydrogens (tertiary/aromatic N) is 2. The molecule has 1 amide bonds. The molecule has 2 heterocycles. The molecule has 0 aromatic heterocycles. The summed E-state index contributed by atoms with van der Waals surface area (Å²) in [5.41, 5.74) is 0. The van der Waals surface area contributed by atoms with E-state index in [4.69, 9.17) is 4.74 Å². The van der Waals surface area contributed by atoms with E-state index in [9.17, 15) is 4.79 Å². The van der Waals surface area contributed by atoms with Gasteiger partial charge in [0.25, 0.3) is 0 Å². The molecule has 2 rings (SSSR count). The second kappa shape index (κ2) is 5.82. The number of fused-ring (bicyclic) bond motifs is 1.